The Kier molecular flexibility index (Phi) is 7.63. The van der Waals surface area contributed by atoms with Crippen LogP contribution in [0.1, 0.15) is 11.1 Å². The third-order valence-corrected chi connectivity index (χ3v) is 3.86. The fourth-order valence-corrected chi connectivity index (χ4v) is 2.57. The molecule has 0 heterocycles. The van der Waals surface area contributed by atoms with Crippen molar-refractivity contribution >= 4 is 12.0 Å². The highest BCUT2D eigenvalue weighted by Crippen LogP contribution is 2.28. The van der Waals surface area contributed by atoms with Crippen molar-refractivity contribution in [3.05, 3.63) is 59.7 Å². The van der Waals surface area contributed by atoms with Gasteiger partial charge in [-0.05, 0) is 23.8 Å². The molecule has 2 amide bonds. The Morgan fingerprint density at radius 3 is 2.41 bits per heavy atom. The van der Waals surface area contributed by atoms with Crippen LogP contribution in [0.2, 0.25) is 0 Å². The Bertz CT molecular complexity index is 764. The smallest absolute Gasteiger partial charge is 0.413 e. The van der Waals surface area contributed by atoms with E-state index in [1.54, 1.807) is 7.11 Å². The Balaban J connectivity index is 1.94. The van der Waals surface area contributed by atoms with Crippen LogP contribution in [-0.2, 0) is 22.7 Å². The summed E-state index contributed by atoms with van der Waals surface area (Å²) in [7, 11) is 4.67. The molecule has 0 bridgehead atoms. The second-order valence-corrected chi connectivity index (χ2v) is 6.11. The van der Waals surface area contributed by atoms with E-state index >= 15 is 0 Å². The van der Waals surface area contributed by atoms with Crippen LogP contribution >= 0.6 is 0 Å². The van der Waals surface area contributed by atoms with Crippen LogP contribution in [0.3, 0.4) is 0 Å². The lowest BCUT2D eigenvalue weighted by molar-refractivity contribution is -0.885. The fourth-order valence-electron chi connectivity index (χ4n) is 2.57. The second kappa shape index (κ2) is 10.2. The first-order chi connectivity index (χ1) is 13.0. The van der Waals surface area contributed by atoms with Crippen molar-refractivity contribution in [3.63, 3.8) is 0 Å². The van der Waals surface area contributed by atoms with Crippen LogP contribution in [0.5, 0.6) is 11.5 Å². The highest BCUT2D eigenvalue weighted by atomic mass is 16.5. The van der Waals surface area contributed by atoms with E-state index < -0.39 is 12.0 Å². The number of likely N-dealkylation sites (N-methyl/N-ethyl adjacent to an activating group) is 1. The molecule has 2 aromatic rings. The van der Waals surface area contributed by atoms with Gasteiger partial charge in [0.1, 0.15) is 13.2 Å². The number of rotatable bonds is 8. The maximum absolute atomic E-state index is 11.7. The first-order valence-corrected chi connectivity index (χ1v) is 8.54. The normalized spacial score (nSPS) is 11.4. The maximum atomic E-state index is 11.7. The van der Waals surface area contributed by atoms with Gasteiger partial charge in [-0.3, -0.25) is 10.1 Å². The lowest BCUT2D eigenvalue weighted by Crippen LogP contribution is -3.08. The van der Waals surface area contributed by atoms with Crippen molar-refractivity contribution in [2.24, 2.45) is 0 Å². The minimum absolute atomic E-state index is 0.143. The molecule has 2 aromatic carbocycles. The van der Waals surface area contributed by atoms with Crippen molar-refractivity contribution in [2.45, 2.75) is 13.2 Å². The van der Waals surface area contributed by atoms with Crippen molar-refractivity contribution in [1.29, 1.82) is 0 Å². The summed E-state index contributed by atoms with van der Waals surface area (Å²) in [6.45, 7) is 1.18. The van der Waals surface area contributed by atoms with Gasteiger partial charge < -0.3 is 19.1 Å². The first kappa shape index (κ1) is 20.3. The molecule has 2 N–H and O–H groups in total. The van der Waals surface area contributed by atoms with Crippen LogP contribution in [0.25, 0.3) is 0 Å². The van der Waals surface area contributed by atoms with Crippen LogP contribution < -0.4 is 19.7 Å². The number of amides is 2. The van der Waals surface area contributed by atoms with Gasteiger partial charge >= 0.3 is 6.09 Å². The summed E-state index contributed by atoms with van der Waals surface area (Å²) < 4.78 is 15.7. The Morgan fingerprint density at radius 2 is 1.74 bits per heavy atom. The van der Waals surface area contributed by atoms with Gasteiger partial charge in [-0.2, -0.15) is 0 Å². The molecule has 0 saturated carbocycles. The number of imide groups is 1. The minimum atomic E-state index is -0.755. The summed E-state index contributed by atoms with van der Waals surface area (Å²) in [6.07, 6.45) is -0.755. The van der Waals surface area contributed by atoms with Crippen LogP contribution in [0, 0.1) is 0 Å². The quantitative estimate of drug-likeness (QED) is 0.726. The van der Waals surface area contributed by atoms with Crippen molar-refractivity contribution in [2.75, 3.05) is 27.8 Å². The van der Waals surface area contributed by atoms with Crippen molar-refractivity contribution in [3.8, 4) is 11.5 Å². The monoisotopic (exact) mass is 373 g/mol. The van der Waals surface area contributed by atoms with Crippen molar-refractivity contribution < 1.29 is 28.7 Å². The van der Waals surface area contributed by atoms with E-state index in [-0.39, 0.29) is 6.54 Å². The molecule has 0 aliphatic carbocycles. The number of methoxy groups -OCH3 is 2. The highest BCUT2D eigenvalue weighted by molar-refractivity contribution is 5.92. The van der Waals surface area contributed by atoms with Gasteiger partial charge in [0.25, 0.3) is 5.91 Å². The lowest BCUT2D eigenvalue weighted by atomic mass is 10.2. The third-order valence-electron chi connectivity index (χ3n) is 3.86. The molecule has 27 heavy (non-hydrogen) atoms. The largest absolute Gasteiger partial charge is 0.493 e. The summed E-state index contributed by atoms with van der Waals surface area (Å²) in [4.78, 5) is 23.7. The summed E-state index contributed by atoms with van der Waals surface area (Å²) in [5, 5.41) is 2.14. The average Bonchev–Trinajstić information content (AvgIpc) is 2.67. The number of carbonyl (C=O) groups excluding carboxylic acids is 2. The predicted octanol–water partition coefficient (Wildman–Crippen LogP) is 1.17. The van der Waals surface area contributed by atoms with E-state index in [0.29, 0.717) is 24.7 Å². The SMILES string of the molecule is COC(=O)NC(=O)C[NH+](C)Cc1ccc(OCc2ccccc2)c(OC)c1. The molecule has 144 valence electrons. The number of hydrogen-bond acceptors (Lipinski definition) is 5. The predicted molar refractivity (Wildman–Crippen MR) is 99.8 cm³/mol. The molecular weight excluding hydrogens is 348 g/mol. The molecule has 1 atom stereocenters. The molecule has 7 nitrogen and oxygen atoms in total. The van der Waals surface area contributed by atoms with Gasteiger partial charge in [-0.25, -0.2) is 4.79 Å². The summed E-state index contributed by atoms with van der Waals surface area (Å²) >= 11 is 0. The Hall–Kier alpha value is -3.06. The lowest BCUT2D eigenvalue weighted by Gasteiger charge is -2.15. The molecule has 7 heteroatoms. The van der Waals surface area contributed by atoms with Gasteiger partial charge in [0, 0.05) is 5.56 Å². The van der Waals surface area contributed by atoms with Gasteiger partial charge in [0.15, 0.2) is 18.0 Å². The number of alkyl carbamates (subject to hydrolysis) is 1. The van der Waals surface area contributed by atoms with Crippen molar-refractivity contribution in [1.82, 2.24) is 5.32 Å². The van der Waals surface area contributed by atoms with E-state index in [4.69, 9.17) is 9.47 Å². The highest BCUT2D eigenvalue weighted by Gasteiger charge is 2.15. The number of nitrogens with one attached hydrogen (secondary N) is 2. The Morgan fingerprint density at radius 1 is 1.00 bits per heavy atom. The zero-order valence-electron chi connectivity index (χ0n) is 15.8. The molecule has 0 aliphatic rings. The van der Waals surface area contributed by atoms with Crippen LogP contribution in [-0.4, -0.2) is 39.8 Å². The molecule has 0 saturated heterocycles. The maximum Gasteiger partial charge on any atom is 0.413 e. The topological polar surface area (TPSA) is 78.3 Å². The zero-order chi connectivity index (χ0) is 19.6. The molecule has 2 rings (SSSR count). The van der Waals surface area contributed by atoms with Gasteiger partial charge in [-0.15, -0.1) is 0 Å². The number of benzene rings is 2. The van der Waals surface area contributed by atoms with E-state index in [1.807, 2.05) is 55.6 Å². The summed E-state index contributed by atoms with van der Waals surface area (Å²) in [5.74, 6) is 0.899. The molecule has 0 fully saturated rings. The number of quaternary nitrogens is 1. The summed E-state index contributed by atoms with van der Waals surface area (Å²) in [6, 6.07) is 15.6. The van der Waals surface area contributed by atoms with Gasteiger partial charge in [0.05, 0.1) is 21.3 Å². The number of carbonyl (C=O) groups is 2. The van der Waals surface area contributed by atoms with Gasteiger partial charge in [0.2, 0.25) is 0 Å². The van der Waals surface area contributed by atoms with Crippen LogP contribution in [0.4, 0.5) is 4.79 Å². The fraction of sp³-hybridized carbons (Fsp3) is 0.300. The van der Waals surface area contributed by atoms with E-state index in [2.05, 4.69) is 10.1 Å². The molecule has 0 radical (unpaired) electrons. The Labute approximate surface area is 158 Å². The van der Waals surface area contributed by atoms with Crippen LogP contribution in [0.15, 0.2) is 48.5 Å². The van der Waals surface area contributed by atoms with Gasteiger partial charge in [-0.1, -0.05) is 30.3 Å². The van der Waals surface area contributed by atoms with E-state index in [1.165, 1.54) is 7.11 Å². The zero-order valence-corrected chi connectivity index (χ0v) is 15.8. The number of hydrogen-bond donors (Lipinski definition) is 2. The average molecular weight is 373 g/mol. The molecule has 0 aliphatic heterocycles. The third kappa shape index (κ3) is 6.63. The molecule has 1 unspecified atom stereocenters. The van der Waals surface area contributed by atoms with E-state index in [0.717, 1.165) is 16.0 Å². The first-order valence-electron chi connectivity index (χ1n) is 8.54. The molecule has 0 aromatic heterocycles. The summed E-state index contributed by atoms with van der Waals surface area (Å²) in [5.41, 5.74) is 2.06. The molecule has 0 spiro atoms. The second-order valence-electron chi connectivity index (χ2n) is 6.11. The minimum Gasteiger partial charge on any atom is -0.493 e. The number of ether oxygens (including phenoxy) is 3. The molecular formula is C20H25N2O5+. The van der Waals surface area contributed by atoms with E-state index in [9.17, 15) is 9.59 Å². The standard InChI is InChI=1S/C20H24N2O5/c1-22(13-19(23)21-20(24)26-3)12-16-9-10-17(18(11-16)25-2)27-14-15-7-5-4-6-8-15/h4-11H,12-14H2,1-3H3,(H,21,23,24)/p+1.